The Hall–Kier alpha value is -2.32. The molecule has 1 fully saturated rings. The second kappa shape index (κ2) is 5.68. The van der Waals surface area contributed by atoms with Gasteiger partial charge in [0.05, 0.1) is 16.8 Å². The third-order valence-corrected chi connectivity index (χ3v) is 7.97. The molecule has 0 saturated heterocycles. The van der Waals surface area contributed by atoms with Crippen LogP contribution in [-0.2, 0) is 25.5 Å². The number of carbonyl (C=O) groups is 2. The van der Waals surface area contributed by atoms with Crippen LogP contribution in [0.15, 0.2) is 15.7 Å². The van der Waals surface area contributed by atoms with E-state index in [9.17, 15) is 9.59 Å². The van der Waals surface area contributed by atoms with E-state index in [0.29, 0.717) is 52.2 Å². The maximum atomic E-state index is 13.2. The van der Waals surface area contributed by atoms with Crippen molar-refractivity contribution in [2.24, 2.45) is 0 Å². The number of amides is 2. The fraction of sp³-hybridized carbons (Fsp3) is 0.545. The number of aromatic nitrogens is 2. The van der Waals surface area contributed by atoms with Gasteiger partial charge in [-0.25, -0.2) is 4.90 Å². The molecule has 30 heavy (non-hydrogen) atoms. The fourth-order valence-electron chi connectivity index (χ4n) is 5.11. The normalized spacial score (nSPS) is 24.2. The van der Waals surface area contributed by atoms with E-state index in [-0.39, 0.29) is 11.8 Å². The van der Waals surface area contributed by atoms with Gasteiger partial charge in [0, 0.05) is 27.5 Å². The van der Waals surface area contributed by atoms with Gasteiger partial charge in [-0.1, -0.05) is 5.16 Å². The van der Waals surface area contributed by atoms with E-state index in [1.807, 2.05) is 27.7 Å². The molecular weight excluding hydrogens is 402 g/mol. The molecule has 0 atom stereocenters. The predicted octanol–water partition coefficient (Wildman–Crippen LogP) is 4.53. The highest BCUT2D eigenvalue weighted by molar-refractivity contribution is 7.17. The Bertz CT molecular complexity index is 1140. The summed E-state index contributed by atoms with van der Waals surface area (Å²) in [6.45, 7) is 8.04. The van der Waals surface area contributed by atoms with Gasteiger partial charge >= 0.3 is 0 Å². The SMILES string of the molecule is CC1(C)OC(C)(C)c2c1sc(N1C(=O)C3=C(CCC3)C1=O)c2-c1nc(C2CC2)no1. The highest BCUT2D eigenvalue weighted by atomic mass is 32.1. The van der Waals surface area contributed by atoms with Crippen LogP contribution in [0.4, 0.5) is 5.00 Å². The number of anilines is 1. The van der Waals surface area contributed by atoms with Crippen molar-refractivity contribution >= 4 is 28.2 Å². The second-order valence-corrected chi connectivity index (χ2v) is 10.6. The molecule has 0 bridgehead atoms. The van der Waals surface area contributed by atoms with Gasteiger partial charge in [0.1, 0.15) is 5.00 Å². The first kappa shape index (κ1) is 18.4. The third kappa shape index (κ3) is 2.34. The van der Waals surface area contributed by atoms with Crippen LogP contribution in [0.25, 0.3) is 11.5 Å². The van der Waals surface area contributed by atoms with Crippen molar-refractivity contribution in [3.05, 3.63) is 27.4 Å². The van der Waals surface area contributed by atoms with Gasteiger partial charge in [-0.3, -0.25) is 9.59 Å². The molecule has 4 heterocycles. The standard InChI is InChI=1S/C22H23N3O4S/c1-21(2)14-13(17-23-16(24-28-17)10-8-9-10)20(30-15(14)22(3,4)29-21)25-18(26)11-6-5-7-12(11)19(25)27/h10H,5-9H2,1-4H3. The van der Waals surface area contributed by atoms with E-state index < -0.39 is 11.2 Å². The van der Waals surface area contributed by atoms with Gasteiger partial charge in [0.2, 0.25) is 0 Å². The van der Waals surface area contributed by atoms with Crippen LogP contribution >= 0.6 is 11.3 Å². The number of hydrogen-bond donors (Lipinski definition) is 0. The number of imide groups is 1. The van der Waals surface area contributed by atoms with Crippen LogP contribution < -0.4 is 4.90 Å². The molecule has 0 aromatic carbocycles. The summed E-state index contributed by atoms with van der Waals surface area (Å²) in [4.78, 5) is 33.4. The summed E-state index contributed by atoms with van der Waals surface area (Å²) in [5.41, 5.74) is 1.78. The van der Waals surface area contributed by atoms with E-state index in [4.69, 9.17) is 9.26 Å². The Balaban J connectivity index is 1.57. The van der Waals surface area contributed by atoms with Gasteiger partial charge in [-0.2, -0.15) is 4.98 Å². The lowest BCUT2D eigenvalue weighted by molar-refractivity contribution is -0.121. The quantitative estimate of drug-likeness (QED) is 0.672. The molecule has 7 nitrogen and oxygen atoms in total. The summed E-state index contributed by atoms with van der Waals surface area (Å²) in [5, 5.41) is 4.77. The Morgan fingerprint density at radius 3 is 2.33 bits per heavy atom. The molecule has 6 rings (SSSR count). The molecule has 2 amide bonds. The summed E-state index contributed by atoms with van der Waals surface area (Å²) >= 11 is 1.43. The topological polar surface area (TPSA) is 85.5 Å². The zero-order valence-corrected chi connectivity index (χ0v) is 18.3. The molecule has 1 saturated carbocycles. The minimum absolute atomic E-state index is 0.202. The average Bonchev–Trinajstić information content (AvgIpc) is 3.04. The van der Waals surface area contributed by atoms with E-state index >= 15 is 0 Å². The smallest absolute Gasteiger partial charge is 0.262 e. The Kier molecular flexibility index (Phi) is 3.49. The van der Waals surface area contributed by atoms with Crippen molar-refractivity contribution in [3.63, 3.8) is 0 Å². The predicted molar refractivity (Wildman–Crippen MR) is 110 cm³/mol. The molecule has 0 unspecified atom stereocenters. The Labute approximate surface area is 178 Å². The highest BCUT2D eigenvalue weighted by Crippen LogP contribution is 2.59. The molecule has 2 aliphatic heterocycles. The summed E-state index contributed by atoms with van der Waals surface area (Å²) in [6.07, 6.45) is 4.34. The number of fused-ring (bicyclic) bond motifs is 1. The molecule has 4 aliphatic rings. The molecule has 2 aliphatic carbocycles. The number of ether oxygens (including phenoxy) is 1. The summed E-state index contributed by atoms with van der Waals surface area (Å²) in [7, 11) is 0. The summed E-state index contributed by atoms with van der Waals surface area (Å²) in [6, 6.07) is 0. The van der Waals surface area contributed by atoms with Crippen LogP contribution in [0, 0.1) is 0 Å². The molecule has 2 aromatic heterocycles. The Morgan fingerprint density at radius 1 is 1.03 bits per heavy atom. The number of thiophene rings is 1. The lowest BCUT2D eigenvalue weighted by Gasteiger charge is -2.27. The first-order valence-electron chi connectivity index (χ1n) is 10.5. The van der Waals surface area contributed by atoms with Crippen LogP contribution in [0.1, 0.15) is 82.0 Å². The van der Waals surface area contributed by atoms with Crippen LogP contribution in [0.5, 0.6) is 0 Å². The van der Waals surface area contributed by atoms with E-state index in [0.717, 1.165) is 29.7 Å². The monoisotopic (exact) mass is 425 g/mol. The first-order chi connectivity index (χ1) is 14.2. The lowest BCUT2D eigenvalue weighted by atomic mass is 9.93. The van der Waals surface area contributed by atoms with Crippen molar-refractivity contribution in [2.75, 3.05) is 4.90 Å². The molecule has 2 aromatic rings. The summed E-state index contributed by atoms with van der Waals surface area (Å²) < 4.78 is 12.0. The second-order valence-electron chi connectivity index (χ2n) is 9.60. The maximum Gasteiger partial charge on any atom is 0.262 e. The van der Waals surface area contributed by atoms with Crippen LogP contribution in [0.3, 0.4) is 0 Å². The lowest BCUT2D eigenvalue weighted by Crippen LogP contribution is -2.32. The minimum atomic E-state index is -0.612. The molecular formula is C22H23N3O4S. The molecule has 0 spiro atoms. The fourth-order valence-corrected chi connectivity index (χ4v) is 6.59. The van der Waals surface area contributed by atoms with E-state index in [1.54, 1.807) is 0 Å². The van der Waals surface area contributed by atoms with Crippen molar-refractivity contribution < 1.29 is 18.8 Å². The Morgan fingerprint density at radius 2 is 1.70 bits per heavy atom. The van der Waals surface area contributed by atoms with E-state index in [1.165, 1.54) is 16.2 Å². The van der Waals surface area contributed by atoms with E-state index in [2.05, 4.69) is 10.1 Å². The van der Waals surface area contributed by atoms with Crippen LogP contribution in [-0.4, -0.2) is 22.0 Å². The summed E-state index contributed by atoms with van der Waals surface area (Å²) in [5.74, 6) is 1.01. The van der Waals surface area contributed by atoms with Crippen molar-refractivity contribution in [1.29, 1.82) is 0 Å². The number of nitrogens with zero attached hydrogens (tertiary/aromatic N) is 3. The average molecular weight is 426 g/mol. The third-order valence-electron chi connectivity index (χ3n) is 6.49. The highest BCUT2D eigenvalue weighted by Gasteiger charge is 2.52. The van der Waals surface area contributed by atoms with Gasteiger partial charge in [0.25, 0.3) is 17.7 Å². The zero-order chi connectivity index (χ0) is 21.0. The number of hydrogen-bond acceptors (Lipinski definition) is 7. The van der Waals surface area contributed by atoms with Gasteiger partial charge < -0.3 is 9.26 Å². The van der Waals surface area contributed by atoms with Gasteiger partial charge in [-0.05, 0) is 59.8 Å². The number of carbonyl (C=O) groups excluding carboxylic acids is 2. The van der Waals surface area contributed by atoms with Gasteiger partial charge in [-0.15, -0.1) is 11.3 Å². The van der Waals surface area contributed by atoms with Gasteiger partial charge in [0.15, 0.2) is 5.82 Å². The number of rotatable bonds is 3. The van der Waals surface area contributed by atoms with Crippen molar-refractivity contribution in [2.45, 2.75) is 76.9 Å². The largest absolute Gasteiger partial charge is 0.359 e. The van der Waals surface area contributed by atoms with Crippen molar-refractivity contribution in [3.8, 4) is 11.5 Å². The molecule has 8 heteroatoms. The first-order valence-corrected chi connectivity index (χ1v) is 11.3. The maximum absolute atomic E-state index is 13.2. The van der Waals surface area contributed by atoms with Crippen molar-refractivity contribution in [1.82, 2.24) is 10.1 Å². The molecule has 0 radical (unpaired) electrons. The molecule has 0 N–H and O–H groups in total. The molecule has 156 valence electrons. The zero-order valence-electron chi connectivity index (χ0n) is 17.5. The van der Waals surface area contributed by atoms with Crippen LogP contribution in [0.2, 0.25) is 0 Å². The minimum Gasteiger partial charge on any atom is -0.359 e.